The highest BCUT2D eigenvalue weighted by atomic mass is 32.1. The van der Waals surface area contributed by atoms with Crippen LogP contribution in [0.2, 0.25) is 0 Å². The van der Waals surface area contributed by atoms with Crippen LogP contribution in [0.4, 0.5) is 0 Å². The molecule has 2 aromatic carbocycles. The topological polar surface area (TPSA) is 12.0 Å². The molecular formula is C18H19NS. The van der Waals surface area contributed by atoms with Crippen molar-refractivity contribution in [3.63, 3.8) is 0 Å². The Kier molecular flexibility index (Phi) is 4.46. The zero-order valence-electron chi connectivity index (χ0n) is 11.5. The lowest BCUT2D eigenvalue weighted by Gasteiger charge is -2.03. The maximum atomic E-state index is 3.53. The Morgan fingerprint density at radius 1 is 0.800 bits per heavy atom. The van der Waals surface area contributed by atoms with Crippen LogP contribution in [0.25, 0.3) is 10.1 Å². The minimum Gasteiger partial charge on any atom is -0.316 e. The molecule has 2 heteroatoms. The summed E-state index contributed by atoms with van der Waals surface area (Å²) in [4.78, 5) is 1.47. The Morgan fingerprint density at radius 3 is 2.40 bits per heavy atom. The van der Waals surface area contributed by atoms with E-state index in [2.05, 4.69) is 66.0 Å². The van der Waals surface area contributed by atoms with E-state index in [0.717, 1.165) is 25.9 Å². The number of hydrogen-bond acceptors (Lipinski definition) is 2. The molecule has 1 N–H and O–H groups in total. The lowest BCUT2D eigenvalue weighted by Crippen LogP contribution is -2.19. The van der Waals surface area contributed by atoms with Crippen LogP contribution in [-0.2, 0) is 12.8 Å². The molecule has 0 aliphatic carbocycles. The minimum atomic E-state index is 1.05. The molecule has 0 aliphatic heterocycles. The van der Waals surface area contributed by atoms with Gasteiger partial charge in [-0.1, -0.05) is 48.5 Å². The fourth-order valence-electron chi connectivity index (χ4n) is 2.37. The summed E-state index contributed by atoms with van der Waals surface area (Å²) in [6.45, 7) is 2.11. The summed E-state index contributed by atoms with van der Waals surface area (Å²) in [6.07, 6.45) is 2.22. The summed E-state index contributed by atoms with van der Waals surface area (Å²) in [5.41, 5.74) is 1.40. The van der Waals surface area contributed by atoms with Crippen LogP contribution in [0, 0.1) is 0 Å². The van der Waals surface area contributed by atoms with E-state index in [4.69, 9.17) is 0 Å². The molecular weight excluding hydrogens is 262 g/mol. The number of rotatable bonds is 6. The molecule has 1 nitrogen and oxygen atoms in total. The summed E-state index contributed by atoms with van der Waals surface area (Å²) < 4.78 is 1.40. The molecule has 0 spiro atoms. The van der Waals surface area contributed by atoms with Crippen molar-refractivity contribution >= 4 is 21.4 Å². The van der Waals surface area contributed by atoms with Crippen LogP contribution in [0.15, 0.2) is 60.7 Å². The van der Waals surface area contributed by atoms with E-state index >= 15 is 0 Å². The second kappa shape index (κ2) is 6.69. The predicted octanol–water partition coefficient (Wildman–Crippen LogP) is 4.28. The minimum absolute atomic E-state index is 1.05. The van der Waals surface area contributed by atoms with Gasteiger partial charge >= 0.3 is 0 Å². The SMILES string of the molecule is c1ccc(CCNCCc2cc3ccccc3s2)cc1. The number of benzene rings is 2. The van der Waals surface area contributed by atoms with Gasteiger partial charge in [0.25, 0.3) is 0 Å². The molecule has 1 aromatic heterocycles. The van der Waals surface area contributed by atoms with Gasteiger partial charge in [-0.2, -0.15) is 0 Å². The van der Waals surface area contributed by atoms with E-state index in [0.29, 0.717) is 0 Å². The Balaban J connectivity index is 1.43. The molecule has 0 unspecified atom stereocenters. The quantitative estimate of drug-likeness (QED) is 0.665. The fraction of sp³-hybridized carbons (Fsp3) is 0.222. The highest BCUT2D eigenvalue weighted by Crippen LogP contribution is 2.25. The van der Waals surface area contributed by atoms with Gasteiger partial charge < -0.3 is 5.32 Å². The number of fused-ring (bicyclic) bond motifs is 1. The zero-order valence-corrected chi connectivity index (χ0v) is 12.3. The first-order chi connectivity index (χ1) is 9.92. The van der Waals surface area contributed by atoms with Gasteiger partial charge in [-0.05, 0) is 49.0 Å². The highest BCUT2D eigenvalue weighted by molar-refractivity contribution is 7.19. The highest BCUT2D eigenvalue weighted by Gasteiger charge is 2.00. The Morgan fingerprint density at radius 2 is 1.55 bits per heavy atom. The average molecular weight is 281 g/mol. The van der Waals surface area contributed by atoms with Crippen molar-refractivity contribution in [2.75, 3.05) is 13.1 Å². The van der Waals surface area contributed by atoms with Crippen molar-refractivity contribution in [1.82, 2.24) is 5.32 Å². The summed E-state index contributed by atoms with van der Waals surface area (Å²) in [7, 11) is 0. The largest absolute Gasteiger partial charge is 0.316 e. The first-order valence-corrected chi connectivity index (χ1v) is 7.95. The van der Waals surface area contributed by atoms with Gasteiger partial charge in [-0.3, -0.25) is 0 Å². The van der Waals surface area contributed by atoms with E-state index in [1.54, 1.807) is 0 Å². The van der Waals surface area contributed by atoms with Gasteiger partial charge in [0, 0.05) is 9.58 Å². The first-order valence-electron chi connectivity index (χ1n) is 7.14. The number of nitrogens with one attached hydrogen (secondary N) is 1. The smallest absolute Gasteiger partial charge is 0.0345 e. The summed E-state index contributed by atoms with van der Waals surface area (Å²) >= 11 is 1.91. The third-order valence-corrected chi connectivity index (χ3v) is 4.63. The van der Waals surface area contributed by atoms with Gasteiger partial charge in [0.05, 0.1) is 0 Å². The maximum Gasteiger partial charge on any atom is 0.0345 e. The molecule has 20 heavy (non-hydrogen) atoms. The first kappa shape index (κ1) is 13.3. The van der Waals surface area contributed by atoms with Crippen molar-refractivity contribution in [1.29, 1.82) is 0 Å². The van der Waals surface area contributed by atoms with Crippen molar-refractivity contribution in [3.05, 3.63) is 71.1 Å². The van der Waals surface area contributed by atoms with Crippen LogP contribution in [0.5, 0.6) is 0 Å². The molecule has 0 saturated carbocycles. The monoisotopic (exact) mass is 281 g/mol. The normalized spacial score (nSPS) is 11.0. The third-order valence-electron chi connectivity index (χ3n) is 3.46. The van der Waals surface area contributed by atoms with Crippen molar-refractivity contribution in [3.8, 4) is 0 Å². The second-order valence-electron chi connectivity index (χ2n) is 4.99. The lowest BCUT2D eigenvalue weighted by atomic mass is 10.1. The number of thiophene rings is 1. The fourth-order valence-corrected chi connectivity index (χ4v) is 3.44. The van der Waals surface area contributed by atoms with E-state index in [1.807, 2.05) is 11.3 Å². The Labute approximate surface area is 124 Å². The molecule has 0 saturated heterocycles. The third kappa shape index (κ3) is 3.47. The average Bonchev–Trinajstić information content (AvgIpc) is 2.90. The van der Waals surface area contributed by atoms with Gasteiger partial charge in [-0.15, -0.1) is 11.3 Å². The van der Waals surface area contributed by atoms with E-state index in [-0.39, 0.29) is 0 Å². The molecule has 0 aliphatic rings. The van der Waals surface area contributed by atoms with Crippen LogP contribution >= 0.6 is 11.3 Å². The summed E-state index contributed by atoms with van der Waals surface area (Å²) in [6, 6.07) is 21.6. The molecule has 0 bridgehead atoms. The lowest BCUT2D eigenvalue weighted by molar-refractivity contribution is 0.685. The molecule has 0 atom stereocenters. The van der Waals surface area contributed by atoms with E-state index < -0.39 is 0 Å². The molecule has 0 fully saturated rings. The summed E-state index contributed by atoms with van der Waals surface area (Å²) in [5.74, 6) is 0. The van der Waals surface area contributed by atoms with Gasteiger partial charge in [0.1, 0.15) is 0 Å². The van der Waals surface area contributed by atoms with Crippen LogP contribution in [-0.4, -0.2) is 13.1 Å². The van der Waals surface area contributed by atoms with E-state index in [1.165, 1.54) is 20.5 Å². The zero-order chi connectivity index (χ0) is 13.6. The summed E-state index contributed by atoms with van der Waals surface area (Å²) in [5, 5.41) is 4.91. The van der Waals surface area contributed by atoms with Gasteiger partial charge in [0.2, 0.25) is 0 Å². The molecule has 3 aromatic rings. The standard InChI is InChI=1S/C18H19NS/c1-2-6-15(7-3-1)10-12-19-13-11-17-14-16-8-4-5-9-18(16)20-17/h1-9,14,19H,10-13H2. The van der Waals surface area contributed by atoms with E-state index in [9.17, 15) is 0 Å². The van der Waals surface area contributed by atoms with Gasteiger partial charge in [0.15, 0.2) is 0 Å². The predicted molar refractivity (Wildman–Crippen MR) is 88.5 cm³/mol. The second-order valence-corrected chi connectivity index (χ2v) is 6.15. The number of hydrogen-bond donors (Lipinski definition) is 1. The molecule has 1 heterocycles. The van der Waals surface area contributed by atoms with Crippen LogP contribution < -0.4 is 5.32 Å². The molecule has 3 rings (SSSR count). The van der Waals surface area contributed by atoms with Gasteiger partial charge in [-0.25, -0.2) is 0 Å². The van der Waals surface area contributed by atoms with Crippen molar-refractivity contribution in [2.24, 2.45) is 0 Å². The maximum absolute atomic E-state index is 3.53. The van der Waals surface area contributed by atoms with Crippen LogP contribution in [0.3, 0.4) is 0 Å². The molecule has 0 amide bonds. The molecule has 102 valence electrons. The Hall–Kier alpha value is -1.64. The van der Waals surface area contributed by atoms with Crippen LogP contribution in [0.1, 0.15) is 10.4 Å². The Bertz CT molecular complexity index is 624. The van der Waals surface area contributed by atoms with Crippen molar-refractivity contribution < 1.29 is 0 Å². The van der Waals surface area contributed by atoms with Crippen molar-refractivity contribution in [2.45, 2.75) is 12.8 Å². The molecule has 0 radical (unpaired) electrons.